The van der Waals surface area contributed by atoms with E-state index in [1.54, 1.807) is 13.8 Å². The third-order valence-corrected chi connectivity index (χ3v) is 4.98. The molecule has 0 saturated heterocycles. The van der Waals surface area contributed by atoms with E-state index in [9.17, 15) is 29.4 Å². The Morgan fingerprint density at radius 2 is 1.69 bits per heavy atom. The van der Waals surface area contributed by atoms with Crippen LogP contribution in [0.2, 0.25) is 0 Å². The predicted molar refractivity (Wildman–Crippen MR) is 112 cm³/mol. The van der Waals surface area contributed by atoms with E-state index in [2.05, 4.69) is 25.9 Å². The number of aliphatic carboxylic acids is 1. The quantitative estimate of drug-likeness (QED) is 0.154. The van der Waals surface area contributed by atoms with Gasteiger partial charge in [0.25, 0.3) is 0 Å². The summed E-state index contributed by atoms with van der Waals surface area (Å²) in [4.78, 5) is 55.7. The molecule has 0 aliphatic rings. The van der Waals surface area contributed by atoms with Crippen molar-refractivity contribution in [2.24, 2.45) is 11.7 Å². The normalized spacial score (nSPS) is 16.7. The van der Waals surface area contributed by atoms with Crippen LogP contribution in [0.1, 0.15) is 32.9 Å². The molecule has 0 fully saturated rings. The Balaban J connectivity index is 2.97. The summed E-state index contributed by atoms with van der Waals surface area (Å²) in [6.07, 6.45) is 1.90. The first-order chi connectivity index (χ1) is 15.0. The Kier molecular flexibility index (Phi) is 10.7. The first kappa shape index (κ1) is 27.0. The van der Waals surface area contributed by atoms with Crippen molar-refractivity contribution < 1.29 is 34.5 Å². The van der Waals surface area contributed by atoms with E-state index in [4.69, 9.17) is 10.8 Å². The number of carbonyl (C=O) groups is 4. The minimum Gasteiger partial charge on any atom is -0.480 e. The Bertz CT molecular complexity index is 770. The van der Waals surface area contributed by atoms with Crippen molar-refractivity contribution in [2.45, 2.75) is 63.9 Å². The summed E-state index contributed by atoms with van der Waals surface area (Å²) in [5, 5.41) is 35.5. The zero-order valence-corrected chi connectivity index (χ0v) is 18.2. The van der Waals surface area contributed by atoms with Gasteiger partial charge in [0, 0.05) is 18.3 Å². The second kappa shape index (κ2) is 12.7. The van der Waals surface area contributed by atoms with Gasteiger partial charge in [-0.25, -0.2) is 9.78 Å². The highest BCUT2D eigenvalue weighted by molar-refractivity contribution is 5.94. The number of amides is 3. The molecule has 6 atom stereocenters. The Morgan fingerprint density at radius 3 is 2.16 bits per heavy atom. The molecule has 0 saturated carbocycles. The van der Waals surface area contributed by atoms with Gasteiger partial charge in [0.15, 0.2) is 0 Å². The number of nitrogens with one attached hydrogen (secondary N) is 4. The van der Waals surface area contributed by atoms with Gasteiger partial charge in [-0.1, -0.05) is 20.3 Å². The molecule has 1 aromatic rings. The van der Waals surface area contributed by atoms with Gasteiger partial charge in [0.05, 0.1) is 19.0 Å². The highest BCUT2D eigenvalue weighted by atomic mass is 16.4. The van der Waals surface area contributed by atoms with Gasteiger partial charge in [-0.2, -0.15) is 0 Å². The maximum Gasteiger partial charge on any atom is 0.326 e. The molecule has 0 aromatic carbocycles. The first-order valence-electron chi connectivity index (χ1n) is 10.2. The number of carboxylic acids is 1. The second-order valence-corrected chi connectivity index (χ2v) is 7.57. The summed E-state index contributed by atoms with van der Waals surface area (Å²) in [7, 11) is 0. The number of aromatic nitrogens is 2. The largest absolute Gasteiger partial charge is 0.480 e. The van der Waals surface area contributed by atoms with Crippen LogP contribution >= 0.6 is 0 Å². The van der Waals surface area contributed by atoms with Crippen molar-refractivity contribution in [3.8, 4) is 0 Å². The lowest BCUT2D eigenvalue weighted by atomic mass is 9.97. The van der Waals surface area contributed by atoms with E-state index in [0.717, 1.165) is 0 Å². The maximum atomic E-state index is 12.9. The van der Waals surface area contributed by atoms with Crippen LogP contribution in [0.5, 0.6) is 0 Å². The molecule has 9 N–H and O–H groups in total. The number of hydrogen-bond acceptors (Lipinski definition) is 8. The molecule has 1 rings (SSSR count). The number of rotatable bonds is 13. The molecule has 180 valence electrons. The molecule has 3 amide bonds. The van der Waals surface area contributed by atoms with Crippen LogP contribution < -0.4 is 21.7 Å². The zero-order valence-electron chi connectivity index (χ0n) is 18.2. The van der Waals surface area contributed by atoms with Gasteiger partial charge >= 0.3 is 5.97 Å². The molecular weight excluding hydrogens is 424 g/mol. The molecule has 0 radical (unpaired) electrons. The number of nitrogens with zero attached hydrogens (tertiary/aromatic N) is 1. The maximum absolute atomic E-state index is 12.9. The molecule has 0 aliphatic carbocycles. The van der Waals surface area contributed by atoms with Crippen LogP contribution in [0.4, 0.5) is 0 Å². The lowest BCUT2D eigenvalue weighted by Gasteiger charge is -2.28. The second-order valence-electron chi connectivity index (χ2n) is 7.57. The van der Waals surface area contributed by atoms with Gasteiger partial charge in [0.2, 0.25) is 17.7 Å². The lowest BCUT2D eigenvalue weighted by Crippen LogP contribution is -2.61. The molecule has 0 bridgehead atoms. The molecular formula is C19H32N6O7. The van der Waals surface area contributed by atoms with Crippen LogP contribution in [-0.2, 0) is 25.6 Å². The molecule has 13 heteroatoms. The van der Waals surface area contributed by atoms with Gasteiger partial charge in [-0.15, -0.1) is 0 Å². The Morgan fingerprint density at radius 1 is 1.09 bits per heavy atom. The zero-order chi connectivity index (χ0) is 24.4. The van der Waals surface area contributed by atoms with Crippen LogP contribution in [0.15, 0.2) is 12.5 Å². The third-order valence-electron chi connectivity index (χ3n) is 4.98. The number of aliphatic hydroxyl groups is 2. The number of imidazole rings is 1. The number of H-pyrrole nitrogens is 1. The Hall–Kier alpha value is -3.03. The monoisotopic (exact) mass is 456 g/mol. The number of aromatic amines is 1. The van der Waals surface area contributed by atoms with Crippen molar-refractivity contribution in [1.82, 2.24) is 25.9 Å². The SMILES string of the molecule is CCC(C)C(NC(=O)C(NC(=O)C(N)CO)C(C)O)C(=O)NC(Cc1cnc[nH]1)C(=O)O. The number of carboxylic acid groups (broad SMARTS) is 1. The van der Waals surface area contributed by atoms with E-state index in [0.29, 0.717) is 12.1 Å². The van der Waals surface area contributed by atoms with Gasteiger partial charge in [-0.3, -0.25) is 14.4 Å². The molecule has 6 unspecified atom stereocenters. The van der Waals surface area contributed by atoms with Crippen LogP contribution in [0, 0.1) is 5.92 Å². The van der Waals surface area contributed by atoms with Crippen LogP contribution in [-0.4, -0.2) is 85.9 Å². The van der Waals surface area contributed by atoms with E-state index in [1.807, 2.05) is 0 Å². The molecule has 1 heterocycles. The topological polar surface area (TPSA) is 220 Å². The van der Waals surface area contributed by atoms with E-state index in [-0.39, 0.29) is 6.42 Å². The number of aliphatic hydroxyl groups excluding tert-OH is 2. The van der Waals surface area contributed by atoms with Gasteiger partial charge in [-0.05, 0) is 12.8 Å². The molecule has 13 nitrogen and oxygen atoms in total. The highest BCUT2D eigenvalue weighted by Crippen LogP contribution is 2.10. The average Bonchev–Trinajstić information content (AvgIpc) is 3.26. The number of carbonyl (C=O) groups excluding carboxylic acids is 3. The van der Waals surface area contributed by atoms with Gasteiger partial charge < -0.3 is 42.0 Å². The van der Waals surface area contributed by atoms with E-state index in [1.165, 1.54) is 19.4 Å². The molecule has 0 spiro atoms. The summed E-state index contributed by atoms with van der Waals surface area (Å²) in [5.74, 6) is -4.12. The molecule has 1 aromatic heterocycles. The van der Waals surface area contributed by atoms with Gasteiger partial charge in [0.1, 0.15) is 24.2 Å². The summed E-state index contributed by atoms with van der Waals surface area (Å²) in [5.41, 5.74) is 5.92. The minimum absolute atomic E-state index is 0.0480. The fourth-order valence-corrected chi connectivity index (χ4v) is 2.77. The van der Waals surface area contributed by atoms with E-state index < -0.39 is 66.5 Å². The highest BCUT2D eigenvalue weighted by Gasteiger charge is 2.34. The fourth-order valence-electron chi connectivity index (χ4n) is 2.77. The van der Waals surface area contributed by atoms with Crippen LogP contribution in [0.3, 0.4) is 0 Å². The Labute approximate surface area is 185 Å². The van der Waals surface area contributed by atoms with Crippen molar-refractivity contribution in [3.63, 3.8) is 0 Å². The molecule has 32 heavy (non-hydrogen) atoms. The number of hydrogen-bond donors (Lipinski definition) is 8. The summed E-state index contributed by atoms with van der Waals surface area (Å²) in [6, 6.07) is -5.15. The van der Waals surface area contributed by atoms with Crippen molar-refractivity contribution in [1.29, 1.82) is 0 Å². The van der Waals surface area contributed by atoms with E-state index >= 15 is 0 Å². The van der Waals surface area contributed by atoms with Crippen molar-refractivity contribution >= 4 is 23.7 Å². The smallest absolute Gasteiger partial charge is 0.326 e. The van der Waals surface area contributed by atoms with Crippen LogP contribution in [0.25, 0.3) is 0 Å². The molecule has 0 aliphatic heterocycles. The summed E-state index contributed by atoms with van der Waals surface area (Å²) >= 11 is 0. The number of nitrogens with two attached hydrogens (primary N) is 1. The first-order valence-corrected chi connectivity index (χ1v) is 10.2. The van der Waals surface area contributed by atoms with Crippen molar-refractivity contribution in [3.05, 3.63) is 18.2 Å². The standard InChI is InChI=1S/C19H32N6O7/c1-4-9(2)14(17(29)23-13(19(31)32)5-11-6-21-8-22-11)24-18(30)15(10(3)27)25-16(28)12(20)7-26/h6,8-10,12-15,26-27H,4-5,7,20H2,1-3H3,(H,21,22)(H,23,29)(H,24,30)(H,25,28)(H,31,32). The average molecular weight is 457 g/mol. The summed E-state index contributed by atoms with van der Waals surface area (Å²) in [6.45, 7) is 4.07. The fraction of sp³-hybridized carbons (Fsp3) is 0.632. The summed E-state index contributed by atoms with van der Waals surface area (Å²) < 4.78 is 0. The van der Waals surface area contributed by atoms with Crippen molar-refractivity contribution in [2.75, 3.05) is 6.61 Å². The third kappa shape index (κ3) is 7.90. The predicted octanol–water partition coefficient (Wildman–Crippen LogP) is -2.76. The lowest BCUT2D eigenvalue weighted by molar-refractivity contribution is -0.142. The minimum atomic E-state index is -1.44.